The lowest BCUT2D eigenvalue weighted by atomic mass is 9.98. The van der Waals surface area contributed by atoms with Gasteiger partial charge in [0, 0.05) is 24.6 Å². The van der Waals surface area contributed by atoms with Gasteiger partial charge in [0.05, 0.1) is 26.0 Å². The fourth-order valence-electron chi connectivity index (χ4n) is 4.69. The van der Waals surface area contributed by atoms with Crippen molar-refractivity contribution < 1.29 is 28.5 Å². The number of amides is 2. The van der Waals surface area contributed by atoms with Crippen molar-refractivity contribution in [3.8, 4) is 23.0 Å². The minimum Gasteiger partial charge on any atom is -0.497 e. The molecule has 1 N–H and O–H groups in total. The average Bonchev–Trinajstić information content (AvgIpc) is 3.72. The van der Waals surface area contributed by atoms with E-state index in [2.05, 4.69) is 10.3 Å². The van der Waals surface area contributed by atoms with Gasteiger partial charge >= 0.3 is 0 Å². The molecular formula is C29H26N4O6S. The van der Waals surface area contributed by atoms with Gasteiger partial charge in [-0.05, 0) is 59.7 Å². The summed E-state index contributed by atoms with van der Waals surface area (Å²) in [6.45, 7) is 0.150. The summed E-state index contributed by atoms with van der Waals surface area (Å²) < 4.78 is 21.3. The van der Waals surface area contributed by atoms with Gasteiger partial charge in [0.1, 0.15) is 16.7 Å². The molecule has 0 aromatic heterocycles. The Morgan fingerprint density at radius 2 is 1.70 bits per heavy atom. The first kappa shape index (κ1) is 25.8. The molecule has 0 saturated heterocycles. The van der Waals surface area contributed by atoms with Crippen molar-refractivity contribution in [2.75, 3.05) is 26.3 Å². The molecule has 0 fully saturated rings. The highest BCUT2D eigenvalue weighted by Gasteiger charge is 2.39. The summed E-state index contributed by atoms with van der Waals surface area (Å²) in [5.74, 6) is 2.05. The number of ether oxygens (including phenoxy) is 4. The molecule has 3 aromatic carbocycles. The van der Waals surface area contributed by atoms with E-state index >= 15 is 0 Å². The molecule has 3 aromatic rings. The molecule has 40 heavy (non-hydrogen) atoms. The number of amidine groups is 1. The number of nitrogens with one attached hydrogen (secondary N) is 1. The van der Waals surface area contributed by atoms with Gasteiger partial charge < -0.3 is 24.3 Å². The van der Waals surface area contributed by atoms with E-state index < -0.39 is 5.25 Å². The van der Waals surface area contributed by atoms with Crippen LogP contribution < -0.4 is 24.3 Å². The molecule has 0 aliphatic carbocycles. The maximum Gasteiger partial charge on any atom is 0.262 e. The highest BCUT2D eigenvalue weighted by Crippen LogP contribution is 2.39. The lowest BCUT2D eigenvalue weighted by Gasteiger charge is -2.23. The van der Waals surface area contributed by atoms with Crippen molar-refractivity contribution in [3.05, 3.63) is 77.9 Å². The topological polar surface area (TPSA) is 111 Å². The smallest absolute Gasteiger partial charge is 0.262 e. The molecular weight excluding hydrogens is 532 g/mol. The molecule has 3 aliphatic rings. The van der Waals surface area contributed by atoms with Crippen molar-refractivity contribution in [2.24, 2.45) is 10.1 Å². The second-order valence-electron chi connectivity index (χ2n) is 9.27. The number of hydrazone groups is 1. The summed E-state index contributed by atoms with van der Waals surface area (Å²) in [5, 5.41) is 9.33. The van der Waals surface area contributed by atoms with Crippen molar-refractivity contribution in [1.82, 2.24) is 5.01 Å². The Hall–Kier alpha value is -4.51. The van der Waals surface area contributed by atoms with Gasteiger partial charge in [-0.2, -0.15) is 10.1 Å². The molecule has 0 bridgehead atoms. The van der Waals surface area contributed by atoms with E-state index in [4.69, 9.17) is 24.0 Å². The summed E-state index contributed by atoms with van der Waals surface area (Å²) in [6.07, 6.45) is 0.586. The Morgan fingerprint density at radius 3 is 2.42 bits per heavy atom. The fourth-order valence-corrected chi connectivity index (χ4v) is 5.75. The molecule has 2 amide bonds. The standard InChI is InChI=1S/C29H26N4O6S/c1-36-20-8-3-17(4-9-20)22-14-23(18-5-10-21(37-2)11-6-18)33(32-22)29-31-28(35)26(40-29)15-27(34)30-19-7-12-24-25(13-19)39-16-38-24/h3-13,23,26H,14-16H2,1-2H3,(H,30,34)/t23-,26-/m1/s1. The number of rotatable bonds is 7. The van der Waals surface area contributed by atoms with Gasteiger partial charge in [-0.1, -0.05) is 23.9 Å². The number of hydrogen-bond acceptors (Lipinski definition) is 9. The maximum absolute atomic E-state index is 12.9. The molecule has 2 atom stereocenters. The number of thioether (sulfide) groups is 1. The Morgan fingerprint density at radius 1 is 1.00 bits per heavy atom. The van der Waals surface area contributed by atoms with Crippen LogP contribution in [0, 0.1) is 0 Å². The van der Waals surface area contributed by atoms with Crippen LogP contribution in [0.25, 0.3) is 0 Å². The zero-order chi connectivity index (χ0) is 27.6. The molecule has 0 radical (unpaired) electrons. The van der Waals surface area contributed by atoms with Crippen LogP contribution in [0.2, 0.25) is 0 Å². The first-order valence-electron chi connectivity index (χ1n) is 12.6. The molecule has 6 rings (SSSR count). The van der Waals surface area contributed by atoms with E-state index in [1.165, 1.54) is 11.8 Å². The van der Waals surface area contributed by atoms with Crippen LogP contribution >= 0.6 is 11.8 Å². The van der Waals surface area contributed by atoms with Crippen molar-refractivity contribution in [3.63, 3.8) is 0 Å². The van der Waals surface area contributed by atoms with Crippen LogP contribution in [0.4, 0.5) is 5.69 Å². The lowest BCUT2D eigenvalue weighted by molar-refractivity contribution is -0.121. The second-order valence-corrected chi connectivity index (χ2v) is 10.4. The van der Waals surface area contributed by atoms with Gasteiger partial charge in [-0.3, -0.25) is 9.59 Å². The first-order chi connectivity index (χ1) is 19.5. The Bertz CT molecular complexity index is 1510. The van der Waals surface area contributed by atoms with Crippen LogP contribution in [-0.4, -0.2) is 54.0 Å². The number of aliphatic imine (C=N–C) groups is 1. The number of nitrogens with zero attached hydrogens (tertiary/aromatic N) is 3. The first-order valence-corrected chi connectivity index (χ1v) is 13.5. The molecule has 0 saturated carbocycles. The highest BCUT2D eigenvalue weighted by molar-refractivity contribution is 8.15. The Labute approximate surface area is 235 Å². The third-order valence-electron chi connectivity index (χ3n) is 6.79. The van der Waals surface area contributed by atoms with E-state index in [1.807, 2.05) is 48.5 Å². The van der Waals surface area contributed by atoms with E-state index in [0.717, 1.165) is 28.3 Å². The van der Waals surface area contributed by atoms with Gasteiger partial charge in [-0.15, -0.1) is 0 Å². The summed E-state index contributed by atoms with van der Waals surface area (Å²) in [5.41, 5.74) is 3.39. The summed E-state index contributed by atoms with van der Waals surface area (Å²) in [6, 6.07) is 20.5. The molecule has 204 valence electrons. The molecule has 0 spiro atoms. The molecule has 3 aliphatic heterocycles. The number of carbonyl (C=O) groups excluding carboxylic acids is 2. The monoisotopic (exact) mass is 558 g/mol. The molecule has 0 unspecified atom stereocenters. The zero-order valence-electron chi connectivity index (χ0n) is 21.8. The zero-order valence-corrected chi connectivity index (χ0v) is 22.6. The van der Waals surface area contributed by atoms with Gasteiger partial charge in [-0.25, -0.2) is 5.01 Å². The van der Waals surface area contributed by atoms with Gasteiger partial charge in [0.25, 0.3) is 5.91 Å². The van der Waals surface area contributed by atoms with Crippen LogP contribution in [0.15, 0.2) is 76.8 Å². The van der Waals surface area contributed by atoms with E-state index in [0.29, 0.717) is 28.8 Å². The van der Waals surface area contributed by atoms with Crippen molar-refractivity contribution in [1.29, 1.82) is 0 Å². The van der Waals surface area contributed by atoms with Crippen LogP contribution in [-0.2, 0) is 9.59 Å². The predicted octanol–water partition coefficient (Wildman–Crippen LogP) is 4.61. The molecule has 11 heteroatoms. The number of hydrogen-bond donors (Lipinski definition) is 1. The third-order valence-corrected chi connectivity index (χ3v) is 7.93. The van der Waals surface area contributed by atoms with Crippen molar-refractivity contribution >= 4 is 40.1 Å². The number of carbonyl (C=O) groups is 2. The number of fused-ring (bicyclic) bond motifs is 1. The van der Waals surface area contributed by atoms with E-state index in [9.17, 15) is 9.59 Å². The highest BCUT2D eigenvalue weighted by atomic mass is 32.2. The summed E-state index contributed by atoms with van der Waals surface area (Å²) in [7, 11) is 3.25. The normalized spacial score (nSPS) is 19.4. The lowest BCUT2D eigenvalue weighted by Crippen LogP contribution is -2.25. The largest absolute Gasteiger partial charge is 0.497 e. The summed E-state index contributed by atoms with van der Waals surface area (Å²) in [4.78, 5) is 30.0. The maximum atomic E-state index is 12.9. The minimum atomic E-state index is -0.652. The van der Waals surface area contributed by atoms with Crippen LogP contribution in [0.1, 0.15) is 30.0 Å². The van der Waals surface area contributed by atoms with E-state index in [-0.39, 0.29) is 31.1 Å². The number of methoxy groups -OCH3 is 2. The SMILES string of the molecule is COc1ccc(C2=NN(C3=NC(=O)[C@@H](CC(=O)Nc4ccc5c(c4)OCO5)S3)[C@@H](c3ccc(OC)cc3)C2)cc1. The predicted molar refractivity (Wildman–Crippen MR) is 151 cm³/mol. The molecule has 10 nitrogen and oxygen atoms in total. The summed E-state index contributed by atoms with van der Waals surface area (Å²) >= 11 is 1.25. The van der Waals surface area contributed by atoms with Crippen molar-refractivity contribution in [2.45, 2.75) is 24.1 Å². The minimum absolute atomic E-state index is 0.0268. The molecule has 3 heterocycles. The number of anilines is 1. The Balaban J connectivity index is 1.19. The van der Waals surface area contributed by atoms with Crippen LogP contribution in [0.5, 0.6) is 23.0 Å². The quantitative estimate of drug-likeness (QED) is 0.448. The average molecular weight is 559 g/mol. The van der Waals surface area contributed by atoms with Gasteiger partial charge in [0.15, 0.2) is 16.7 Å². The van der Waals surface area contributed by atoms with Crippen LogP contribution in [0.3, 0.4) is 0 Å². The third kappa shape index (κ3) is 5.20. The fraction of sp³-hybridized carbons (Fsp3) is 0.241. The van der Waals surface area contributed by atoms with E-state index in [1.54, 1.807) is 37.4 Å². The number of benzene rings is 3. The van der Waals surface area contributed by atoms with Gasteiger partial charge in [0.2, 0.25) is 12.7 Å². The Kier molecular flexibility index (Phi) is 7.04. The second kappa shape index (κ2) is 10.9.